The molecule has 2 heterocycles. The van der Waals surface area contributed by atoms with Gasteiger partial charge in [0.2, 0.25) is 11.8 Å². The number of oxazole rings is 1. The van der Waals surface area contributed by atoms with Gasteiger partial charge in [-0.2, -0.15) is 11.8 Å². The van der Waals surface area contributed by atoms with Crippen LogP contribution in [-0.4, -0.2) is 35.0 Å². The van der Waals surface area contributed by atoms with Gasteiger partial charge in [-0.3, -0.25) is 4.79 Å². The first kappa shape index (κ1) is 12.4. The molecule has 2 rings (SSSR count). The quantitative estimate of drug-likeness (QED) is 0.829. The summed E-state index contributed by atoms with van der Waals surface area (Å²) in [4.78, 5) is 15.7. The maximum atomic E-state index is 11.7. The van der Waals surface area contributed by atoms with Gasteiger partial charge in [-0.25, -0.2) is 4.98 Å². The minimum Gasteiger partial charge on any atom is -0.444 e. The van der Waals surface area contributed by atoms with Crippen LogP contribution in [0.4, 0.5) is 0 Å². The third-order valence-corrected chi connectivity index (χ3v) is 3.67. The zero-order valence-electron chi connectivity index (χ0n) is 9.86. The predicted molar refractivity (Wildman–Crippen MR) is 66.8 cm³/mol. The molecule has 0 spiro atoms. The van der Waals surface area contributed by atoms with Gasteiger partial charge in [0.15, 0.2) is 0 Å². The van der Waals surface area contributed by atoms with Gasteiger partial charge in [0.05, 0.1) is 12.7 Å². The molecular weight excluding hydrogens is 238 g/mol. The van der Waals surface area contributed by atoms with Gasteiger partial charge in [0.25, 0.3) is 0 Å². The van der Waals surface area contributed by atoms with Crippen molar-refractivity contribution in [3.63, 3.8) is 0 Å². The first-order valence-electron chi connectivity index (χ1n) is 5.73. The van der Waals surface area contributed by atoms with Crippen molar-refractivity contribution in [2.24, 2.45) is 0 Å². The Morgan fingerprint density at radius 2 is 2.65 bits per heavy atom. The lowest BCUT2D eigenvalue weighted by atomic mass is 10.2. The van der Waals surface area contributed by atoms with E-state index in [4.69, 9.17) is 4.42 Å². The van der Waals surface area contributed by atoms with Crippen molar-refractivity contribution in [2.75, 3.05) is 18.1 Å². The van der Waals surface area contributed by atoms with Gasteiger partial charge in [0.1, 0.15) is 5.76 Å². The third kappa shape index (κ3) is 4.05. The SMILES string of the molecule is Cc1cnc(CNC(=O)CC2CSCCN2)o1. The first-order chi connectivity index (χ1) is 8.24. The summed E-state index contributed by atoms with van der Waals surface area (Å²) in [5.74, 6) is 3.50. The highest BCUT2D eigenvalue weighted by molar-refractivity contribution is 7.99. The predicted octanol–water partition coefficient (Wildman–Crippen LogP) is 0.694. The molecule has 1 unspecified atom stereocenters. The Morgan fingerprint density at radius 1 is 1.76 bits per heavy atom. The van der Waals surface area contributed by atoms with Gasteiger partial charge in [-0.15, -0.1) is 0 Å². The minimum atomic E-state index is 0.0425. The van der Waals surface area contributed by atoms with E-state index in [1.54, 1.807) is 6.20 Å². The lowest BCUT2D eigenvalue weighted by Gasteiger charge is -2.22. The van der Waals surface area contributed by atoms with Crippen LogP contribution in [0.3, 0.4) is 0 Å². The van der Waals surface area contributed by atoms with E-state index in [-0.39, 0.29) is 5.91 Å². The summed E-state index contributed by atoms with van der Waals surface area (Å²) in [5.41, 5.74) is 0. The average Bonchev–Trinajstić information content (AvgIpc) is 2.74. The molecule has 1 aromatic rings. The standard InChI is InChI=1S/C11H17N3O2S/c1-8-5-14-11(16-8)6-13-10(15)4-9-7-17-3-2-12-9/h5,9,12H,2-4,6-7H2,1H3,(H,13,15). The lowest BCUT2D eigenvalue weighted by molar-refractivity contribution is -0.121. The van der Waals surface area contributed by atoms with Crippen LogP contribution in [0.2, 0.25) is 0 Å². The Balaban J connectivity index is 1.70. The lowest BCUT2D eigenvalue weighted by Crippen LogP contribution is -2.41. The Bertz CT molecular complexity index is 375. The normalized spacial score (nSPS) is 20.2. The molecule has 1 amide bonds. The van der Waals surface area contributed by atoms with E-state index in [1.165, 1.54) is 0 Å². The minimum absolute atomic E-state index is 0.0425. The number of carbonyl (C=O) groups is 1. The second-order valence-corrected chi connectivity index (χ2v) is 5.22. The number of hydrogen-bond donors (Lipinski definition) is 2. The second-order valence-electron chi connectivity index (χ2n) is 4.07. The zero-order valence-corrected chi connectivity index (χ0v) is 10.7. The van der Waals surface area contributed by atoms with Crippen LogP contribution in [0.15, 0.2) is 10.6 Å². The molecule has 6 heteroatoms. The first-order valence-corrected chi connectivity index (χ1v) is 6.88. The highest BCUT2D eigenvalue weighted by Gasteiger charge is 2.16. The van der Waals surface area contributed by atoms with Gasteiger partial charge >= 0.3 is 0 Å². The molecule has 0 saturated carbocycles. The summed E-state index contributed by atoms with van der Waals surface area (Å²) in [6.45, 7) is 3.19. The second kappa shape index (κ2) is 6.07. The number of aryl methyl sites for hydroxylation is 1. The number of amides is 1. The van der Waals surface area contributed by atoms with Crippen molar-refractivity contribution in [1.82, 2.24) is 15.6 Å². The number of carbonyl (C=O) groups excluding carboxylic acids is 1. The van der Waals surface area contributed by atoms with Crippen molar-refractivity contribution in [3.05, 3.63) is 17.8 Å². The van der Waals surface area contributed by atoms with Crippen molar-refractivity contribution >= 4 is 17.7 Å². The monoisotopic (exact) mass is 255 g/mol. The number of thioether (sulfide) groups is 1. The Kier molecular flexibility index (Phi) is 4.44. The van der Waals surface area contributed by atoms with E-state index in [0.29, 0.717) is 24.9 Å². The van der Waals surface area contributed by atoms with E-state index in [0.717, 1.165) is 23.8 Å². The number of aromatic nitrogens is 1. The molecule has 0 radical (unpaired) electrons. The largest absolute Gasteiger partial charge is 0.444 e. The van der Waals surface area contributed by atoms with Crippen LogP contribution in [0.1, 0.15) is 18.1 Å². The van der Waals surface area contributed by atoms with Gasteiger partial charge < -0.3 is 15.1 Å². The van der Waals surface area contributed by atoms with Crippen LogP contribution in [0.5, 0.6) is 0 Å². The van der Waals surface area contributed by atoms with Crippen LogP contribution >= 0.6 is 11.8 Å². The molecule has 0 aliphatic carbocycles. The fourth-order valence-electron chi connectivity index (χ4n) is 1.70. The Labute approximate surface area is 105 Å². The van der Waals surface area contributed by atoms with Crippen LogP contribution in [-0.2, 0) is 11.3 Å². The van der Waals surface area contributed by atoms with E-state index >= 15 is 0 Å². The molecule has 1 aliphatic rings. The molecule has 1 saturated heterocycles. The number of nitrogens with one attached hydrogen (secondary N) is 2. The van der Waals surface area contributed by atoms with Crippen molar-refractivity contribution < 1.29 is 9.21 Å². The molecule has 1 aliphatic heterocycles. The van der Waals surface area contributed by atoms with Crippen molar-refractivity contribution in [3.8, 4) is 0 Å². The number of rotatable bonds is 4. The summed E-state index contributed by atoms with van der Waals surface area (Å²) in [6.07, 6.45) is 2.17. The Morgan fingerprint density at radius 3 is 3.29 bits per heavy atom. The summed E-state index contributed by atoms with van der Waals surface area (Å²) >= 11 is 1.89. The highest BCUT2D eigenvalue weighted by atomic mass is 32.2. The smallest absolute Gasteiger partial charge is 0.222 e. The number of hydrogen-bond acceptors (Lipinski definition) is 5. The third-order valence-electron chi connectivity index (χ3n) is 2.54. The highest BCUT2D eigenvalue weighted by Crippen LogP contribution is 2.10. The van der Waals surface area contributed by atoms with Crippen LogP contribution < -0.4 is 10.6 Å². The molecule has 1 atom stereocenters. The molecule has 94 valence electrons. The molecule has 1 aromatic heterocycles. The maximum absolute atomic E-state index is 11.7. The molecule has 0 bridgehead atoms. The summed E-state index contributed by atoms with van der Waals surface area (Å²) in [6, 6.07) is 0.292. The van der Waals surface area contributed by atoms with Crippen LogP contribution in [0, 0.1) is 6.92 Å². The number of nitrogens with zero attached hydrogens (tertiary/aromatic N) is 1. The summed E-state index contributed by atoms with van der Waals surface area (Å²) in [5, 5.41) is 6.15. The van der Waals surface area contributed by atoms with E-state index in [9.17, 15) is 4.79 Å². The maximum Gasteiger partial charge on any atom is 0.222 e. The molecule has 1 fully saturated rings. The average molecular weight is 255 g/mol. The van der Waals surface area contributed by atoms with E-state index in [1.807, 2.05) is 18.7 Å². The van der Waals surface area contributed by atoms with Gasteiger partial charge in [-0.1, -0.05) is 0 Å². The van der Waals surface area contributed by atoms with E-state index < -0.39 is 0 Å². The van der Waals surface area contributed by atoms with Crippen molar-refractivity contribution in [1.29, 1.82) is 0 Å². The molecule has 2 N–H and O–H groups in total. The molecule has 17 heavy (non-hydrogen) atoms. The van der Waals surface area contributed by atoms with Gasteiger partial charge in [0, 0.05) is 30.5 Å². The molecule has 0 aromatic carbocycles. The van der Waals surface area contributed by atoms with Gasteiger partial charge in [-0.05, 0) is 6.92 Å². The fourth-order valence-corrected chi connectivity index (χ4v) is 2.65. The zero-order chi connectivity index (χ0) is 12.1. The topological polar surface area (TPSA) is 67.2 Å². The van der Waals surface area contributed by atoms with E-state index in [2.05, 4.69) is 15.6 Å². The van der Waals surface area contributed by atoms with Crippen LogP contribution in [0.25, 0.3) is 0 Å². The summed E-state index contributed by atoms with van der Waals surface area (Å²) in [7, 11) is 0. The Hall–Kier alpha value is -1.01. The van der Waals surface area contributed by atoms with Crippen molar-refractivity contribution in [2.45, 2.75) is 25.9 Å². The fraction of sp³-hybridized carbons (Fsp3) is 0.636. The molecule has 5 nitrogen and oxygen atoms in total. The summed E-state index contributed by atoms with van der Waals surface area (Å²) < 4.78 is 5.28. The molecular formula is C11H17N3O2S.